The summed E-state index contributed by atoms with van der Waals surface area (Å²) in [6.07, 6.45) is 0. The van der Waals surface area contributed by atoms with Crippen LogP contribution in [0.3, 0.4) is 0 Å². The van der Waals surface area contributed by atoms with Crippen LogP contribution in [0.4, 0.5) is 0 Å². The fourth-order valence-electron chi connectivity index (χ4n) is 4.25. The predicted octanol–water partition coefficient (Wildman–Crippen LogP) is 4.76. The van der Waals surface area contributed by atoms with Gasteiger partial charge in [-0.15, -0.1) is 0 Å². The number of aromatic nitrogens is 1. The lowest BCUT2D eigenvalue weighted by atomic mass is 10.0. The maximum atomic E-state index is 6.10. The molecule has 4 rings (SSSR count). The van der Waals surface area contributed by atoms with E-state index in [1.165, 1.54) is 5.56 Å². The summed E-state index contributed by atoms with van der Waals surface area (Å²) in [4.78, 5) is 9.81. The molecule has 2 aromatic carbocycles. The Balaban J connectivity index is 1.54. The van der Waals surface area contributed by atoms with Gasteiger partial charge in [0.2, 0.25) is 5.89 Å². The molecule has 5 nitrogen and oxygen atoms in total. The normalized spacial score (nSPS) is 18.0. The Labute approximate surface area is 179 Å². The van der Waals surface area contributed by atoms with E-state index in [-0.39, 0.29) is 0 Å². The molecule has 0 spiro atoms. The van der Waals surface area contributed by atoms with Gasteiger partial charge >= 0.3 is 0 Å². The Kier molecular flexibility index (Phi) is 5.93. The molecule has 1 saturated heterocycles. The van der Waals surface area contributed by atoms with Crippen molar-refractivity contribution < 1.29 is 9.15 Å². The number of benzene rings is 2. The lowest BCUT2D eigenvalue weighted by Crippen LogP contribution is -2.46. The molecule has 30 heavy (non-hydrogen) atoms. The number of likely N-dealkylation sites (N-methyl/N-ethyl adjacent to an activating group) is 1. The van der Waals surface area contributed by atoms with Crippen molar-refractivity contribution in [3.63, 3.8) is 0 Å². The molecule has 0 saturated carbocycles. The van der Waals surface area contributed by atoms with E-state index in [9.17, 15) is 0 Å². The minimum Gasteiger partial charge on any atom is -0.496 e. The molecule has 1 unspecified atom stereocenters. The van der Waals surface area contributed by atoms with Gasteiger partial charge in [0.1, 0.15) is 11.5 Å². The highest BCUT2D eigenvalue weighted by atomic mass is 16.5. The first-order valence-corrected chi connectivity index (χ1v) is 10.6. The monoisotopic (exact) mass is 405 g/mol. The number of methoxy groups -OCH3 is 1. The second-order valence-electron chi connectivity index (χ2n) is 8.30. The summed E-state index contributed by atoms with van der Waals surface area (Å²) in [5, 5.41) is 0. The van der Waals surface area contributed by atoms with E-state index in [0.717, 1.165) is 60.1 Å². The second-order valence-corrected chi connectivity index (χ2v) is 8.30. The topological polar surface area (TPSA) is 41.7 Å². The molecule has 5 heteroatoms. The molecule has 1 atom stereocenters. The number of hydrogen-bond acceptors (Lipinski definition) is 5. The highest BCUT2D eigenvalue weighted by Gasteiger charge is 2.27. The average molecular weight is 406 g/mol. The molecule has 3 aromatic rings. The number of hydrogen-bond donors (Lipinski definition) is 0. The SMILES string of the molecule is COc1cc(C)c(-c2nc(CN3CCN(C)C(c4ccccc4)C3)c(C)o2)cc1C. The minimum atomic E-state index is 0.401. The maximum absolute atomic E-state index is 6.10. The highest BCUT2D eigenvalue weighted by molar-refractivity contribution is 5.62. The second kappa shape index (κ2) is 8.62. The summed E-state index contributed by atoms with van der Waals surface area (Å²) in [7, 11) is 3.91. The van der Waals surface area contributed by atoms with Crippen LogP contribution in [0.2, 0.25) is 0 Å². The van der Waals surface area contributed by atoms with Crippen LogP contribution in [-0.2, 0) is 6.54 Å². The summed E-state index contributed by atoms with van der Waals surface area (Å²) in [6.45, 7) is 10.0. The third-order valence-corrected chi connectivity index (χ3v) is 6.15. The molecular formula is C25H31N3O2. The fourth-order valence-corrected chi connectivity index (χ4v) is 4.25. The minimum absolute atomic E-state index is 0.401. The molecular weight excluding hydrogens is 374 g/mol. The zero-order valence-corrected chi connectivity index (χ0v) is 18.6. The van der Waals surface area contributed by atoms with Gasteiger partial charge in [-0.3, -0.25) is 9.80 Å². The van der Waals surface area contributed by atoms with Crippen LogP contribution in [0.5, 0.6) is 5.75 Å². The Morgan fingerprint density at radius 1 is 1.07 bits per heavy atom. The Bertz CT molecular complexity index is 1010. The summed E-state index contributed by atoms with van der Waals surface area (Å²) >= 11 is 0. The van der Waals surface area contributed by atoms with E-state index in [1.807, 2.05) is 13.8 Å². The van der Waals surface area contributed by atoms with Crippen molar-refractivity contribution in [3.8, 4) is 17.2 Å². The molecule has 2 heterocycles. The van der Waals surface area contributed by atoms with Gasteiger partial charge in [-0.05, 0) is 56.6 Å². The van der Waals surface area contributed by atoms with Crippen molar-refractivity contribution in [1.82, 2.24) is 14.8 Å². The number of nitrogens with zero attached hydrogens (tertiary/aromatic N) is 3. The van der Waals surface area contributed by atoms with Crippen LogP contribution in [-0.4, -0.2) is 48.6 Å². The first kappa shape index (κ1) is 20.6. The molecule has 0 bridgehead atoms. The lowest BCUT2D eigenvalue weighted by Gasteiger charge is -2.39. The van der Waals surface area contributed by atoms with Crippen molar-refractivity contribution in [1.29, 1.82) is 0 Å². The van der Waals surface area contributed by atoms with E-state index < -0.39 is 0 Å². The van der Waals surface area contributed by atoms with Crippen LogP contribution in [0, 0.1) is 20.8 Å². The number of ether oxygens (including phenoxy) is 1. The van der Waals surface area contributed by atoms with Gasteiger partial charge in [-0.1, -0.05) is 30.3 Å². The molecule has 1 fully saturated rings. The van der Waals surface area contributed by atoms with Gasteiger partial charge < -0.3 is 9.15 Å². The first-order chi connectivity index (χ1) is 14.5. The number of oxazole rings is 1. The Morgan fingerprint density at radius 2 is 1.83 bits per heavy atom. The van der Waals surface area contributed by atoms with Crippen molar-refractivity contribution >= 4 is 0 Å². The number of piperazine rings is 1. The number of rotatable bonds is 5. The summed E-state index contributed by atoms with van der Waals surface area (Å²) in [5.41, 5.74) is 5.61. The van der Waals surface area contributed by atoms with Crippen molar-refractivity contribution in [2.24, 2.45) is 0 Å². The first-order valence-electron chi connectivity index (χ1n) is 10.6. The van der Waals surface area contributed by atoms with Gasteiger partial charge in [0.05, 0.1) is 12.8 Å². The standard InChI is InChI=1S/C25H31N3O2/c1-17-14-24(29-5)18(2)13-21(17)25-26-22(19(3)30-25)15-28-12-11-27(4)23(16-28)20-9-7-6-8-10-20/h6-10,13-14,23H,11-12,15-16H2,1-5H3. The Hall–Kier alpha value is -2.63. The highest BCUT2D eigenvalue weighted by Crippen LogP contribution is 2.31. The van der Waals surface area contributed by atoms with E-state index >= 15 is 0 Å². The molecule has 0 aliphatic carbocycles. The maximum Gasteiger partial charge on any atom is 0.226 e. The smallest absolute Gasteiger partial charge is 0.226 e. The van der Waals surface area contributed by atoms with E-state index in [4.69, 9.17) is 14.1 Å². The predicted molar refractivity (Wildman–Crippen MR) is 120 cm³/mol. The van der Waals surface area contributed by atoms with Gasteiger partial charge in [-0.25, -0.2) is 4.98 Å². The zero-order valence-electron chi connectivity index (χ0n) is 18.6. The van der Waals surface area contributed by atoms with Gasteiger partial charge in [0, 0.05) is 37.8 Å². The average Bonchev–Trinajstić information content (AvgIpc) is 3.11. The number of aryl methyl sites for hydroxylation is 3. The van der Waals surface area contributed by atoms with Crippen LogP contribution in [0.15, 0.2) is 46.9 Å². The Morgan fingerprint density at radius 3 is 2.57 bits per heavy atom. The quantitative estimate of drug-likeness (QED) is 0.612. The van der Waals surface area contributed by atoms with Crippen molar-refractivity contribution in [3.05, 3.63) is 70.6 Å². The molecule has 0 amide bonds. The molecule has 0 radical (unpaired) electrons. The van der Waals surface area contributed by atoms with Crippen LogP contribution < -0.4 is 4.74 Å². The molecule has 1 aliphatic heterocycles. The molecule has 0 N–H and O–H groups in total. The molecule has 1 aromatic heterocycles. The van der Waals surface area contributed by atoms with Crippen molar-refractivity contribution in [2.45, 2.75) is 33.4 Å². The fraction of sp³-hybridized carbons (Fsp3) is 0.400. The summed E-state index contributed by atoms with van der Waals surface area (Å²) in [5.74, 6) is 2.48. The third kappa shape index (κ3) is 4.13. The third-order valence-electron chi connectivity index (χ3n) is 6.15. The van der Waals surface area contributed by atoms with Crippen molar-refractivity contribution in [2.75, 3.05) is 33.8 Å². The van der Waals surface area contributed by atoms with Crippen LogP contribution in [0.1, 0.15) is 34.2 Å². The van der Waals surface area contributed by atoms with Gasteiger partial charge in [0.25, 0.3) is 0 Å². The van der Waals surface area contributed by atoms with E-state index in [0.29, 0.717) is 11.9 Å². The largest absolute Gasteiger partial charge is 0.496 e. The zero-order chi connectivity index (χ0) is 21.3. The van der Waals surface area contributed by atoms with Gasteiger partial charge in [0.15, 0.2) is 0 Å². The van der Waals surface area contributed by atoms with Crippen LogP contribution >= 0.6 is 0 Å². The van der Waals surface area contributed by atoms with Crippen LogP contribution in [0.25, 0.3) is 11.5 Å². The lowest BCUT2D eigenvalue weighted by molar-refractivity contribution is 0.0894. The summed E-state index contributed by atoms with van der Waals surface area (Å²) in [6, 6.07) is 15.3. The van der Waals surface area contributed by atoms with Gasteiger partial charge in [-0.2, -0.15) is 0 Å². The van der Waals surface area contributed by atoms with E-state index in [2.05, 4.69) is 66.2 Å². The summed E-state index contributed by atoms with van der Waals surface area (Å²) < 4.78 is 11.5. The van der Waals surface area contributed by atoms with E-state index in [1.54, 1.807) is 7.11 Å². The molecule has 1 aliphatic rings. The molecule has 158 valence electrons.